The first-order valence-electron chi connectivity index (χ1n) is 7.14. The van der Waals surface area contributed by atoms with Crippen LogP contribution in [0.15, 0.2) is 18.5 Å². The van der Waals surface area contributed by atoms with Crippen LogP contribution >= 0.6 is 0 Å². The zero-order valence-electron chi connectivity index (χ0n) is 12.8. The number of amides is 2. The lowest BCUT2D eigenvalue weighted by Gasteiger charge is -2.27. The Bertz CT molecular complexity index is 785. The number of nitrogens with zero attached hydrogens (tertiary/aromatic N) is 5. The molecule has 1 aromatic carbocycles. The number of carbonyl (C=O) groups excluding carboxylic acids is 1. The van der Waals surface area contributed by atoms with Gasteiger partial charge in [0.15, 0.2) is 5.82 Å². The van der Waals surface area contributed by atoms with Gasteiger partial charge in [0.1, 0.15) is 6.33 Å². The molecule has 0 aliphatic carbocycles. The smallest absolute Gasteiger partial charge is 0.315 e. The van der Waals surface area contributed by atoms with Crippen LogP contribution in [0.4, 0.5) is 16.2 Å². The molecule has 0 radical (unpaired) electrons. The minimum absolute atomic E-state index is 0.00992. The van der Waals surface area contributed by atoms with Crippen molar-refractivity contribution in [2.75, 3.05) is 11.9 Å². The van der Waals surface area contributed by atoms with Gasteiger partial charge < -0.3 is 14.8 Å². The summed E-state index contributed by atoms with van der Waals surface area (Å²) in [7, 11) is 0. The molecule has 0 saturated heterocycles. The summed E-state index contributed by atoms with van der Waals surface area (Å²) in [4.78, 5) is 24.6. The lowest BCUT2D eigenvalue weighted by atomic mass is 10.1. The van der Waals surface area contributed by atoms with Crippen molar-refractivity contribution in [3.05, 3.63) is 45.5 Å². The Morgan fingerprint density at radius 2 is 2.09 bits per heavy atom. The van der Waals surface area contributed by atoms with Crippen LogP contribution < -0.4 is 5.32 Å². The number of carbonyl (C=O) groups is 1. The molecule has 2 aromatic rings. The molecule has 0 saturated carbocycles. The third kappa shape index (κ3) is 2.85. The maximum atomic E-state index is 12.4. The van der Waals surface area contributed by atoms with Crippen molar-refractivity contribution in [2.45, 2.75) is 26.9 Å². The quantitative estimate of drug-likeness (QED) is 0.672. The minimum atomic E-state index is -0.451. The van der Waals surface area contributed by atoms with Crippen LogP contribution in [0.5, 0.6) is 0 Å². The SMILES string of the molecule is Cc1cc(C)c([N+](=O)[O-])cc1NC(=O)N1CCn2cnnc2C1. The van der Waals surface area contributed by atoms with E-state index in [0.29, 0.717) is 30.9 Å². The van der Waals surface area contributed by atoms with Crippen LogP contribution in [-0.4, -0.2) is 37.2 Å². The van der Waals surface area contributed by atoms with E-state index >= 15 is 0 Å². The molecule has 1 aromatic heterocycles. The molecule has 0 unspecified atom stereocenters. The molecule has 3 rings (SSSR count). The second-order valence-electron chi connectivity index (χ2n) is 5.50. The van der Waals surface area contributed by atoms with Crippen molar-refractivity contribution >= 4 is 17.4 Å². The van der Waals surface area contributed by atoms with Gasteiger partial charge in [0.2, 0.25) is 0 Å². The number of nitrogens with one attached hydrogen (secondary N) is 1. The summed E-state index contributed by atoms with van der Waals surface area (Å²) < 4.78 is 1.89. The van der Waals surface area contributed by atoms with Gasteiger partial charge in [0.25, 0.3) is 5.69 Å². The number of hydrogen-bond acceptors (Lipinski definition) is 5. The molecule has 2 amide bonds. The molecule has 9 nitrogen and oxygen atoms in total. The molecule has 0 atom stereocenters. The highest BCUT2D eigenvalue weighted by atomic mass is 16.6. The Morgan fingerprint density at radius 3 is 2.83 bits per heavy atom. The fourth-order valence-electron chi connectivity index (χ4n) is 2.61. The summed E-state index contributed by atoms with van der Waals surface area (Å²) in [5.74, 6) is 0.720. The van der Waals surface area contributed by atoms with Crippen molar-refractivity contribution in [1.29, 1.82) is 0 Å². The molecule has 9 heteroatoms. The predicted molar refractivity (Wildman–Crippen MR) is 82.0 cm³/mol. The largest absolute Gasteiger partial charge is 0.322 e. The van der Waals surface area contributed by atoms with E-state index in [9.17, 15) is 14.9 Å². The molecule has 1 aliphatic rings. The van der Waals surface area contributed by atoms with Crippen LogP contribution in [0, 0.1) is 24.0 Å². The average Bonchev–Trinajstić information content (AvgIpc) is 2.96. The highest BCUT2D eigenvalue weighted by molar-refractivity contribution is 5.90. The molecule has 2 heterocycles. The third-order valence-corrected chi connectivity index (χ3v) is 3.91. The number of aromatic nitrogens is 3. The van der Waals surface area contributed by atoms with E-state index < -0.39 is 4.92 Å². The summed E-state index contributed by atoms with van der Waals surface area (Å²) in [5, 5.41) is 21.6. The van der Waals surface area contributed by atoms with Crippen molar-refractivity contribution in [3.8, 4) is 0 Å². The van der Waals surface area contributed by atoms with Crippen molar-refractivity contribution in [3.63, 3.8) is 0 Å². The Labute approximate surface area is 132 Å². The molecular formula is C14H16N6O3. The Hall–Kier alpha value is -2.97. The summed E-state index contributed by atoms with van der Waals surface area (Å²) in [6.45, 7) is 5.00. The normalized spacial score (nSPS) is 13.6. The first-order valence-corrected chi connectivity index (χ1v) is 7.14. The number of urea groups is 1. The average molecular weight is 316 g/mol. The molecule has 1 aliphatic heterocycles. The molecule has 23 heavy (non-hydrogen) atoms. The van der Waals surface area contributed by atoms with Crippen LogP contribution in [0.25, 0.3) is 0 Å². The molecule has 0 spiro atoms. The number of hydrogen-bond donors (Lipinski definition) is 1. The van der Waals surface area contributed by atoms with Gasteiger partial charge in [0, 0.05) is 24.7 Å². The van der Waals surface area contributed by atoms with Gasteiger partial charge in [-0.2, -0.15) is 0 Å². The van der Waals surface area contributed by atoms with Gasteiger partial charge in [0.05, 0.1) is 17.2 Å². The first-order chi connectivity index (χ1) is 11.0. The fraction of sp³-hybridized carbons (Fsp3) is 0.357. The number of benzene rings is 1. The number of nitro benzene ring substituents is 1. The molecule has 0 fully saturated rings. The first kappa shape index (κ1) is 14.9. The fourth-order valence-corrected chi connectivity index (χ4v) is 2.61. The minimum Gasteiger partial charge on any atom is -0.315 e. The van der Waals surface area contributed by atoms with Crippen molar-refractivity contribution in [2.24, 2.45) is 0 Å². The topological polar surface area (TPSA) is 106 Å². The Morgan fingerprint density at radius 1 is 1.30 bits per heavy atom. The van der Waals surface area contributed by atoms with Crippen molar-refractivity contribution < 1.29 is 9.72 Å². The zero-order chi connectivity index (χ0) is 16.6. The number of aryl methyl sites for hydroxylation is 2. The highest BCUT2D eigenvalue weighted by Crippen LogP contribution is 2.26. The van der Waals surface area contributed by atoms with Gasteiger partial charge in [-0.05, 0) is 25.5 Å². The van der Waals surface area contributed by atoms with Gasteiger partial charge >= 0.3 is 6.03 Å². The maximum absolute atomic E-state index is 12.4. The summed E-state index contributed by atoms with van der Waals surface area (Å²) in [6.07, 6.45) is 1.64. The standard InChI is InChI=1S/C14H16N6O3/c1-9-5-10(2)12(20(22)23)6-11(9)16-14(21)18-3-4-19-8-15-17-13(19)7-18/h5-6,8H,3-4,7H2,1-2H3,(H,16,21). The van der Waals surface area contributed by atoms with Gasteiger partial charge in [-0.3, -0.25) is 10.1 Å². The molecule has 120 valence electrons. The lowest BCUT2D eigenvalue weighted by molar-refractivity contribution is -0.385. The Balaban J connectivity index is 1.78. The van der Waals surface area contributed by atoms with E-state index in [-0.39, 0.29) is 11.7 Å². The van der Waals surface area contributed by atoms with Crippen LogP contribution in [0.3, 0.4) is 0 Å². The summed E-state index contributed by atoms with van der Waals surface area (Å²) in [5.41, 5.74) is 1.78. The van der Waals surface area contributed by atoms with E-state index in [0.717, 1.165) is 11.4 Å². The van der Waals surface area contributed by atoms with E-state index in [1.807, 2.05) is 4.57 Å². The third-order valence-electron chi connectivity index (χ3n) is 3.91. The number of rotatable bonds is 2. The summed E-state index contributed by atoms with van der Waals surface area (Å²) in [6, 6.07) is 2.79. The van der Waals surface area contributed by atoms with Crippen LogP contribution in [0.1, 0.15) is 17.0 Å². The highest BCUT2D eigenvalue weighted by Gasteiger charge is 2.23. The molecule has 0 bridgehead atoms. The monoisotopic (exact) mass is 316 g/mol. The molecule has 1 N–H and O–H groups in total. The zero-order valence-corrected chi connectivity index (χ0v) is 12.8. The Kier molecular flexibility index (Phi) is 3.68. The van der Waals surface area contributed by atoms with Gasteiger partial charge in [-0.25, -0.2) is 4.79 Å². The van der Waals surface area contributed by atoms with E-state index in [4.69, 9.17) is 0 Å². The van der Waals surface area contributed by atoms with Crippen molar-refractivity contribution in [1.82, 2.24) is 19.7 Å². The second-order valence-corrected chi connectivity index (χ2v) is 5.50. The van der Waals surface area contributed by atoms with Crippen LogP contribution in [0.2, 0.25) is 0 Å². The van der Waals surface area contributed by atoms with Gasteiger partial charge in [-0.1, -0.05) is 0 Å². The van der Waals surface area contributed by atoms with Gasteiger partial charge in [-0.15, -0.1) is 10.2 Å². The number of fused-ring (bicyclic) bond motifs is 1. The number of anilines is 1. The predicted octanol–water partition coefficient (Wildman–Crippen LogP) is 1.85. The van der Waals surface area contributed by atoms with E-state index in [2.05, 4.69) is 15.5 Å². The lowest BCUT2D eigenvalue weighted by Crippen LogP contribution is -2.40. The summed E-state index contributed by atoms with van der Waals surface area (Å²) >= 11 is 0. The maximum Gasteiger partial charge on any atom is 0.322 e. The van der Waals surface area contributed by atoms with E-state index in [1.165, 1.54) is 6.07 Å². The molecular weight excluding hydrogens is 300 g/mol. The van der Waals surface area contributed by atoms with Crippen LogP contribution in [-0.2, 0) is 13.1 Å². The second kappa shape index (κ2) is 5.67. The number of nitro groups is 1. The van der Waals surface area contributed by atoms with E-state index in [1.54, 1.807) is 31.1 Å².